The number of rotatable bonds is 8. The normalized spacial score (nSPS) is 10.9. The van der Waals surface area contributed by atoms with Crippen LogP contribution in [-0.4, -0.2) is 12.5 Å². The molecule has 0 bridgehead atoms. The number of nitrogens with one attached hydrogen (secondary N) is 1. The predicted molar refractivity (Wildman–Crippen MR) is 142 cm³/mol. The number of carbonyl (C=O) groups excluding carboxylic acids is 1. The zero-order chi connectivity index (χ0) is 22.9. The summed E-state index contributed by atoms with van der Waals surface area (Å²) < 4.78 is 13.2. The number of anilines is 1. The maximum Gasteiger partial charge on any atom is 0.266 e. The van der Waals surface area contributed by atoms with Gasteiger partial charge in [0.2, 0.25) is 0 Å². The van der Waals surface area contributed by atoms with Crippen molar-refractivity contribution in [2.45, 2.75) is 13.5 Å². The largest absolute Gasteiger partial charge is 0.494 e. The third-order valence-corrected chi connectivity index (χ3v) is 5.95. The van der Waals surface area contributed by atoms with Crippen LogP contribution in [0, 0.1) is 18.5 Å². The first-order chi connectivity index (χ1) is 15.5. The standard InChI is InChI=1S/C25H20I2N2O3/c1-2-31-21-10-8-20(9-11-21)29-25(30)19(15-28)12-18-13-22(26)24(23(27)14-18)32-16-17-6-4-3-5-7-17/h3-14H,2,16H2,1H3,(H,29,30)/b19-12-. The Morgan fingerprint density at radius 2 is 1.69 bits per heavy atom. The van der Waals surface area contributed by atoms with Crippen molar-refractivity contribution in [3.63, 3.8) is 0 Å². The summed E-state index contributed by atoms with van der Waals surface area (Å²) in [6.07, 6.45) is 1.58. The van der Waals surface area contributed by atoms with E-state index in [-0.39, 0.29) is 5.57 Å². The van der Waals surface area contributed by atoms with Crippen molar-refractivity contribution in [2.75, 3.05) is 11.9 Å². The van der Waals surface area contributed by atoms with Crippen molar-refractivity contribution in [3.8, 4) is 17.6 Å². The van der Waals surface area contributed by atoms with E-state index in [1.807, 2.05) is 55.5 Å². The predicted octanol–water partition coefficient (Wildman–Crippen LogP) is 6.42. The molecule has 1 N–H and O–H groups in total. The zero-order valence-corrected chi connectivity index (χ0v) is 21.6. The molecule has 0 spiro atoms. The molecule has 0 heterocycles. The molecule has 162 valence electrons. The Balaban J connectivity index is 1.73. The molecule has 0 unspecified atom stereocenters. The molecule has 0 aliphatic rings. The summed E-state index contributed by atoms with van der Waals surface area (Å²) in [6.45, 7) is 2.95. The van der Waals surface area contributed by atoms with Gasteiger partial charge in [-0.1, -0.05) is 30.3 Å². The summed E-state index contributed by atoms with van der Waals surface area (Å²) in [5.41, 5.74) is 2.45. The molecule has 0 radical (unpaired) electrons. The van der Waals surface area contributed by atoms with Crippen molar-refractivity contribution in [3.05, 3.63) is 90.6 Å². The lowest BCUT2D eigenvalue weighted by atomic mass is 10.1. The minimum Gasteiger partial charge on any atom is -0.494 e. The average Bonchev–Trinajstić information content (AvgIpc) is 2.79. The summed E-state index contributed by atoms with van der Waals surface area (Å²) in [5, 5.41) is 12.3. The summed E-state index contributed by atoms with van der Waals surface area (Å²) in [7, 11) is 0. The first kappa shape index (κ1) is 24.1. The van der Waals surface area contributed by atoms with Crippen LogP contribution in [0.2, 0.25) is 0 Å². The summed E-state index contributed by atoms with van der Waals surface area (Å²) in [6, 6.07) is 22.7. The first-order valence-electron chi connectivity index (χ1n) is 9.82. The highest BCUT2D eigenvalue weighted by atomic mass is 127. The molecule has 0 saturated carbocycles. The Kier molecular flexibility index (Phi) is 8.93. The number of nitrogens with zero attached hydrogens (tertiary/aromatic N) is 1. The molecular formula is C25H20I2N2O3. The van der Waals surface area contributed by atoms with Crippen LogP contribution in [0.3, 0.4) is 0 Å². The van der Waals surface area contributed by atoms with Crippen LogP contribution < -0.4 is 14.8 Å². The Morgan fingerprint density at radius 3 is 2.28 bits per heavy atom. The highest BCUT2D eigenvalue weighted by Gasteiger charge is 2.13. The number of hydrogen-bond acceptors (Lipinski definition) is 4. The molecule has 0 saturated heterocycles. The minimum absolute atomic E-state index is 0.0171. The van der Waals surface area contributed by atoms with E-state index in [4.69, 9.17) is 9.47 Å². The van der Waals surface area contributed by atoms with E-state index in [2.05, 4.69) is 50.5 Å². The molecule has 0 aliphatic heterocycles. The lowest BCUT2D eigenvalue weighted by molar-refractivity contribution is -0.112. The van der Waals surface area contributed by atoms with Gasteiger partial charge in [0.15, 0.2) is 0 Å². The number of carbonyl (C=O) groups is 1. The van der Waals surface area contributed by atoms with E-state index >= 15 is 0 Å². The Labute approximate surface area is 214 Å². The van der Waals surface area contributed by atoms with E-state index in [0.717, 1.165) is 29.8 Å². The second kappa shape index (κ2) is 11.9. The summed E-state index contributed by atoms with van der Waals surface area (Å²) in [4.78, 5) is 12.6. The lowest BCUT2D eigenvalue weighted by Gasteiger charge is -2.12. The van der Waals surface area contributed by atoms with Crippen LogP contribution in [-0.2, 0) is 11.4 Å². The Bertz CT molecular complexity index is 1130. The van der Waals surface area contributed by atoms with Crippen LogP contribution in [0.4, 0.5) is 5.69 Å². The topological polar surface area (TPSA) is 71.3 Å². The van der Waals surface area contributed by atoms with Gasteiger partial charge < -0.3 is 14.8 Å². The van der Waals surface area contributed by atoms with E-state index < -0.39 is 5.91 Å². The zero-order valence-electron chi connectivity index (χ0n) is 17.3. The molecule has 0 fully saturated rings. The molecule has 1 amide bonds. The molecule has 3 rings (SSSR count). The molecule has 5 nitrogen and oxygen atoms in total. The van der Waals surface area contributed by atoms with Crippen molar-refractivity contribution in [1.82, 2.24) is 0 Å². The fourth-order valence-corrected chi connectivity index (χ4v) is 4.97. The smallest absolute Gasteiger partial charge is 0.266 e. The van der Waals surface area contributed by atoms with Gasteiger partial charge in [0.1, 0.15) is 29.7 Å². The van der Waals surface area contributed by atoms with Gasteiger partial charge >= 0.3 is 0 Å². The highest BCUT2D eigenvalue weighted by Crippen LogP contribution is 2.30. The number of benzene rings is 3. The van der Waals surface area contributed by atoms with Crippen LogP contribution in [0.25, 0.3) is 6.08 Å². The molecule has 3 aromatic carbocycles. The van der Waals surface area contributed by atoms with Crippen molar-refractivity contribution in [1.29, 1.82) is 5.26 Å². The number of ether oxygens (including phenoxy) is 2. The van der Waals surface area contributed by atoms with Crippen molar-refractivity contribution in [2.24, 2.45) is 0 Å². The molecule has 32 heavy (non-hydrogen) atoms. The SMILES string of the molecule is CCOc1ccc(NC(=O)/C(C#N)=C\c2cc(I)c(OCc3ccccc3)c(I)c2)cc1. The maximum absolute atomic E-state index is 12.6. The quantitative estimate of drug-likeness (QED) is 0.174. The number of nitriles is 1. The number of halogens is 2. The van der Waals surface area contributed by atoms with E-state index in [9.17, 15) is 10.1 Å². The van der Waals surface area contributed by atoms with Crippen LogP contribution >= 0.6 is 45.2 Å². The minimum atomic E-state index is -0.467. The van der Waals surface area contributed by atoms with Crippen molar-refractivity contribution < 1.29 is 14.3 Å². The molecule has 0 aromatic heterocycles. The number of hydrogen-bond donors (Lipinski definition) is 1. The maximum atomic E-state index is 12.6. The third kappa shape index (κ3) is 6.71. The van der Waals surface area contributed by atoms with Gasteiger partial charge in [-0.15, -0.1) is 0 Å². The van der Waals surface area contributed by atoms with Crippen LogP contribution in [0.5, 0.6) is 11.5 Å². The monoisotopic (exact) mass is 650 g/mol. The Morgan fingerprint density at radius 1 is 1.03 bits per heavy atom. The van der Waals surface area contributed by atoms with Crippen LogP contribution in [0.1, 0.15) is 18.1 Å². The molecule has 3 aromatic rings. The second-order valence-corrected chi connectivity index (χ2v) is 8.99. The van der Waals surface area contributed by atoms with Crippen molar-refractivity contribution >= 4 is 62.9 Å². The molecule has 0 atom stereocenters. The van der Waals surface area contributed by atoms with Gasteiger partial charge in [-0.05, 0) is 106 Å². The molecular weight excluding hydrogens is 630 g/mol. The summed E-state index contributed by atoms with van der Waals surface area (Å²) >= 11 is 4.41. The molecule has 0 aliphatic carbocycles. The fourth-order valence-electron chi connectivity index (χ4n) is 2.85. The van der Waals surface area contributed by atoms with Gasteiger partial charge in [0.25, 0.3) is 5.91 Å². The van der Waals surface area contributed by atoms with Gasteiger partial charge in [-0.25, -0.2) is 0 Å². The van der Waals surface area contributed by atoms with Gasteiger partial charge in [-0.2, -0.15) is 5.26 Å². The average molecular weight is 650 g/mol. The van der Waals surface area contributed by atoms with E-state index in [0.29, 0.717) is 18.9 Å². The Hall–Kier alpha value is -2.58. The highest BCUT2D eigenvalue weighted by molar-refractivity contribution is 14.1. The lowest BCUT2D eigenvalue weighted by Crippen LogP contribution is -2.13. The molecule has 7 heteroatoms. The number of amides is 1. The third-order valence-electron chi connectivity index (χ3n) is 4.35. The van der Waals surface area contributed by atoms with E-state index in [1.165, 1.54) is 0 Å². The van der Waals surface area contributed by atoms with E-state index in [1.54, 1.807) is 30.3 Å². The summed E-state index contributed by atoms with van der Waals surface area (Å²) in [5.74, 6) is 1.04. The van der Waals surface area contributed by atoms with Gasteiger partial charge in [0.05, 0.1) is 13.7 Å². The van der Waals surface area contributed by atoms with Gasteiger partial charge in [-0.3, -0.25) is 4.79 Å². The first-order valence-corrected chi connectivity index (χ1v) is 12.0. The van der Waals surface area contributed by atoms with Gasteiger partial charge in [0, 0.05) is 5.69 Å². The second-order valence-electron chi connectivity index (χ2n) is 6.67. The fraction of sp³-hybridized carbons (Fsp3) is 0.120. The van der Waals surface area contributed by atoms with Crippen LogP contribution in [0.15, 0.2) is 72.3 Å².